The highest BCUT2D eigenvalue weighted by Crippen LogP contribution is 2.11. The van der Waals surface area contributed by atoms with E-state index >= 15 is 0 Å². The van der Waals surface area contributed by atoms with Crippen LogP contribution in [0.1, 0.15) is 16.2 Å². The van der Waals surface area contributed by atoms with E-state index in [1.165, 1.54) is 17.8 Å². The molecule has 0 fully saturated rings. The van der Waals surface area contributed by atoms with E-state index in [1.807, 2.05) is 0 Å². The molecule has 0 spiro atoms. The highest BCUT2D eigenvalue weighted by molar-refractivity contribution is 7.98. The van der Waals surface area contributed by atoms with Crippen molar-refractivity contribution in [3.63, 3.8) is 0 Å². The first-order valence-electron chi connectivity index (χ1n) is 4.69. The molecule has 3 N–H and O–H groups in total. The van der Waals surface area contributed by atoms with Crippen molar-refractivity contribution in [2.75, 3.05) is 12.4 Å². The zero-order valence-electron chi connectivity index (χ0n) is 8.54. The number of aromatic carboxylic acids is 1. The van der Waals surface area contributed by atoms with Crippen molar-refractivity contribution in [1.29, 1.82) is 0 Å². The van der Waals surface area contributed by atoms with E-state index in [4.69, 9.17) is 15.3 Å². The standard InChI is InChI=1S/C10H13NO4S/c12-4-8(13)6-16-5-7-2-1-3-9(11-7)10(14)15/h1-3,8,12-13H,4-6H2,(H,14,15). The Hall–Kier alpha value is -1.11. The Labute approximate surface area is 97.1 Å². The molecule has 0 aromatic carbocycles. The van der Waals surface area contributed by atoms with Crippen LogP contribution in [0.4, 0.5) is 0 Å². The molecule has 16 heavy (non-hydrogen) atoms. The third-order valence-corrected chi connectivity index (χ3v) is 2.92. The van der Waals surface area contributed by atoms with Crippen molar-refractivity contribution in [3.05, 3.63) is 29.6 Å². The van der Waals surface area contributed by atoms with Crippen LogP contribution in [-0.4, -0.2) is 44.7 Å². The number of thioether (sulfide) groups is 1. The molecule has 0 saturated carbocycles. The zero-order chi connectivity index (χ0) is 12.0. The number of hydrogen-bond acceptors (Lipinski definition) is 5. The van der Waals surface area contributed by atoms with E-state index in [0.29, 0.717) is 17.2 Å². The van der Waals surface area contributed by atoms with E-state index in [-0.39, 0.29) is 12.3 Å². The van der Waals surface area contributed by atoms with Crippen LogP contribution < -0.4 is 0 Å². The molecule has 0 amide bonds. The summed E-state index contributed by atoms with van der Waals surface area (Å²) in [4.78, 5) is 14.6. The number of pyridine rings is 1. The molecule has 1 atom stereocenters. The molecule has 6 heteroatoms. The molecule has 0 bridgehead atoms. The van der Waals surface area contributed by atoms with Crippen LogP contribution in [-0.2, 0) is 5.75 Å². The van der Waals surface area contributed by atoms with Gasteiger partial charge in [0.25, 0.3) is 0 Å². The van der Waals surface area contributed by atoms with Crippen molar-refractivity contribution in [2.24, 2.45) is 0 Å². The van der Waals surface area contributed by atoms with Crippen molar-refractivity contribution >= 4 is 17.7 Å². The topological polar surface area (TPSA) is 90.7 Å². The van der Waals surface area contributed by atoms with Gasteiger partial charge in [-0.05, 0) is 12.1 Å². The number of rotatable bonds is 6. The predicted octanol–water partition coefficient (Wildman–Crippen LogP) is 0.366. The van der Waals surface area contributed by atoms with Gasteiger partial charge >= 0.3 is 5.97 Å². The summed E-state index contributed by atoms with van der Waals surface area (Å²) < 4.78 is 0. The third kappa shape index (κ3) is 4.18. The fourth-order valence-electron chi connectivity index (χ4n) is 1.03. The number of aromatic nitrogens is 1. The molecule has 1 aromatic rings. The lowest BCUT2D eigenvalue weighted by Gasteiger charge is -2.06. The lowest BCUT2D eigenvalue weighted by molar-refractivity contribution is 0.0690. The van der Waals surface area contributed by atoms with Crippen LogP contribution in [0.2, 0.25) is 0 Å². The van der Waals surface area contributed by atoms with Gasteiger partial charge < -0.3 is 15.3 Å². The molecule has 1 aromatic heterocycles. The predicted molar refractivity (Wildman–Crippen MR) is 60.5 cm³/mol. The fraction of sp³-hybridized carbons (Fsp3) is 0.400. The second-order valence-electron chi connectivity index (χ2n) is 3.17. The quantitative estimate of drug-likeness (QED) is 0.668. The van der Waals surface area contributed by atoms with Gasteiger partial charge in [-0.1, -0.05) is 6.07 Å². The largest absolute Gasteiger partial charge is 0.477 e. The van der Waals surface area contributed by atoms with Gasteiger partial charge in [0.05, 0.1) is 18.4 Å². The van der Waals surface area contributed by atoms with Gasteiger partial charge in [-0.25, -0.2) is 9.78 Å². The van der Waals surface area contributed by atoms with Crippen molar-refractivity contribution < 1.29 is 20.1 Å². The molecule has 0 aliphatic carbocycles. The Morgan fingerprint density at radius 3 is 2.88 bits per heavy atom. The molecular weight excluding hydrogens is 230 g/mol. The van der Waals surface area contributed by atoms with Crippen LogP contribution in [0.5, 0.6) is 0 Å². The van der Waals surface area contributed by atoms with Crippen molar-refractivity contribution in [2.45, 2.75) is 11.9 Å². The average molecular weight is 243 g/mol. The van der Waals surface area contributed by atoms with Gasteiger partial charge in [0.1, 0.15) is 5.69 Å². The summed E-state index contributed by atoms with van der Waals surface area (Å²) in [6, 6.07) is 4.79. The van der Waals surface area contributed by atoms with Gasteiger partial charge in [0, 0.05) is 11.5 Å². The highest BCUT2D eigenvalue weighted by atomic mass is 32.2. The number of nitrogens with zero attached hydrogens (tertiary/aromatic N) is 1. The first kappa shape index (κ1) is 13.0. The summed E-state index contributed by atoms with van der Waals surface area (Å²) in [5.41, 5.74) is 0.663. The van der Waals surface area contributed by atoms with Gasteiger partial charge in [-0.2, -0.15) is 11.8 Å². The number of carboxylic acids is 1. The molecule has 1 heterocycles. The lowest BCUT2D eigenvalue weighted by atomic mass is 10.3. The summed E-state index contributed by atoms with van der Waals surface area (Å²) in [7, 11) is 0. The first-order chi connectivity index (χ1) is 7.63. The molecule has 0 saturated heterocycles. The fourth-order valence-corrected chi connectivity index (χ4v) is 1.90. The number of carbonyl (C=O) groups is 1. The molecule has 0 aliphatic rings. The van der Waals surface area contributed by atoms with Crippen LogP contribution in [0, 0.1) is 0 Å². The van der Waals surface area contributed by atoms with Crippen LogP contribution >= 0.6 is 11.8 Å². The van der Waals surface area contributed by atoms with Gasteiger partial charge in [0.15, 0.2) is 0 Å². The van der Waals surface area contributed by atoms with E-state index in [2.05, 4.69) is 4.98 Å². The third-order valence-electron chi connectivity index (χ3n) is 1.80. The van der Waals surface area contributed by atoms with Crippen molar-refractivity contribution in [3.8, 4) is 0 Å². The van der Waals surface area contributed by atoms with Gasteiger partial charge in [0.2, 0.25) is 0 Å². The minimum absolute atomic E-state index is 0.0146. The lowest BCUT2D eigenvalue weighted by Crippen LogP contribution is -2.14. The van der Waals surface area contributed by atoms with E-state index in [0.717, 1.165) is 0 Å². The maximum absolute atomic E-state index is 10.6. The number of hydrogen-bond donors (Lipinski definition) is 3. The summed E-state index contributed by atoms with van der Waals surface area (Å²) in [5.74, 6) is -0.143. The maximum atomic E-state index is 10.6. The average Bonchev–Trinajstić information content (AvgIpc) is 2.29. The molecule has 88 valence electrons. The van der Waals surface area contributed by atoms with E-state index < -0.39 is 12.1 Å². The summed E-state index contributed by atoms with van der Waals surface area (Å²) in [6.07, 6.45) is -0.743. The Morgan fingerprint density at radius 1 is 1.50 bits per heavy atom. The van der Waals surface area contributed by atoms with Gasteiger partial charge in [-0.15, -0.1) is 0 Å². The summed E-state index contributed by atoms with van der Waals surface area (Å²) >= 11 is 1.39. The second-order valence-corrected chi connectivity index (χ2v) is 4.20. The van der Waals surface area contributed by atoms with Crippen LogP contribution in [0.3, 0.4) is 0 Å². The second kappa shape index (κ2) is 6.47. The SMILES string of the molecule is O=C(O)c1cccc(CSCC(O)CO)n1. The monoisotopic (exact) mass is 243 g/mol. The van der Waals surface area contributed by atoms with E-state index in [9.17, 15) is 4.79 Å². The number of aliphatic hydroxyl groups excluding tert-OH is 2. The normalized spacial score (nSPS) is 12.4. The van der Waals surface area contributed by atoms with Crippen LogP contribution in [0.25, 0.3) is 0 Å². The van der Waals surface area contributed by atoms with E-state index in [1.54, 1.807) is 12.1 Å². The Bertz CT molecular complexity index is 358. The molecule has 0 radical (unpaired) electrons. The first-order valence-corrected chi connectivity index (χ1v) is 5.85. The zero-order valence-corrected chi connectivity index (χ0v) is 9.35. The van der Waals surface area contributed by atoms with Crippen molar-refractivity contribution in [1.82, 2.24) is 4.98 Å². The highest BCUT2D eigenvalue weighted by Gasteiger charge is 2.06. The number of carboxylic acid groups (broad SMARTS) is 1. The molecular formula is C10H13NO4S. The minimum atomic E-state index is -1.05. The molecule has 1 unspecified atom stereocenters. The Kier molecular flexibility index (Phi) is 5.24. The summed E-state index contributed by atoms with van der Waals surface area (Å²) in [6.45, 7) is -0.268. The number of aliphatic hydroxyl groups is 2. The minimum Gasteiger partial charge on any atom is -0.477 e. The smallest absolute Gasteiger partial charge is 0.354 e. The Balaban J connectivity index is 2.48. The summed E-state index contributed by atoms with van der Waals surface area (Å²) in [5, 5.41) is 26.4. The maximum Gasteiger partial charge on any atom is 0.354 e. The molecule has 1 rings (SSSR count). The Morgan fingerprint density at radius 2 is 2.25 bits per heavy atom. The molecule has 5 nitrogen and oxygen atoms in total. The molecule has 0 aliphatic heterocycles. The van der Waals surface area contributed by atoms with Crippen LogP contribution in [0.15, 0.2) is 18.2 Å². The van der Waals surface area contributed by atoms with Gasteiger partial charge in [-0.3, -0.25) is 0 Å².